The number of hydrogen-bond acceptors (Lipinski definition) is 6. The second kappa shape index (κ2) is 9.19. The van der Waals surface area contributed by atoms with E-state index in [4.69, 9.17) is 9.47 Å². The van der Waals surface area contributed by atoms with Crippen molar-refractivity contribution in [2.75, 3.05) is 40.4 Å². The summed E-state index contributed by atoms with van der Waals surface area (Å²) in [4.78, 5) is 19.4. The fraction of sp³-hybridized carbons (Fsp3) is 0.500. The van der Waals surface area contributed by atoms with Crippen LogP contribution in [0.2, 0.25) is 0 Å². The monoisotopic (exact) mass is 389 g/mol. The van der Waals surface area contributed by atoms with E-state index in [0.717, 1.165) is 17.1 Å². The molecule has 0 saturated carbocycles. The molecule has 0 radical (unpaired) electrons. The zero-order valence-electron chi connectivity index (χ0n) is 16.2. The third-order valence-corrected chi connectivity index (χ3v) is 5.64. The first kappa shape index (κ1) is 19.6. The number of nitrogens with one attached hydrogen (secondary N) is 1. The first-order chi connectivity index (χ1) is 13.1. The molecule has 146 valence electrons. The van der Waals surface area contributed by atoms with Crippen LogP contribution in [0.1, 0.15) is 30.3 Å². The molecule has 0 unspecified atom stereocenters. The summed E-state index contributed by atoms with van der Waals surface area (Å²) in [6.45, 7) is 6.24. The lowest BCUT2D eigenvalue weighted by molar-refractivity contribution is 0.0941. The maximum atomic E-state index is 12.4. The number of amides is 1. The van der Waals surface area contributed by atoms with Crippen molar-refractivity contribution in [2.24, 2.45) is 5.92 Å². The van der Waals surface area contributed by atoms with Crippen LogP contribution >= 0.6 is 11.3 Å². The molecular formula is C20H27N3O3S. The van der Waals surface area contributed by atoms with Crippen LogP contribution in [0.25, 0.3) is 10.6 Å². The van der Waals surface area contributed by atoms with Gasteiger partial charge in [-0.25, -0.2) is 4.98 Å². The highest BCUT2D eigenvalue weighted by molar-refractivity contribution is 7.13. The predicted octanol–water partition coefficient (Wildman–Crippen LogP) is 3.29. The first-order valence-corrected chi connectivity index (χ1v) is 10.2. The van der Waals surface area contributed by atoms with Crippen molar-refractivity contribution in [3.63, 3.8) is 0 Å². The molecule has 1 aliphatic heterocycles. The molecule has 1 saturated heterocycles. The van der Waals surface area contributed by atoms with Crippen LogP contribution in [0, 0.1) is 5.92 Å². The largest absolute Gasteiger partial charge is 0.493 e. The van der Waals surface area contributed by atoms with Gasteiger partial charge >= 0.3 is 0 Å². The zero-order valence-corrected chi connectivity index (χ0v) is 17.0. The molecule has 1 amide bonds. The molecule has 7 heteroatoms. The van der Waals surface area contributed by atoms with Crippen LogP contribution in [0.15, 0.2) is 23.6 Å². The Labute approximate surface area is 164 Å². The minimum Gasteiger partial charge on any atom is -0.493 e. The lowest BCUT2D eigenvalue weighted by Crippen LogP contribution is -2.34. The van der Waals surface area contributed by atoms with Gasteiger partial charge < -0.3 is 19.7 Å². The molecular weight excluding hydrogens is 362 g/mol. The highest BCUT2D eigenvalue weighted by Gasteiger charge is 2.17. The fourth-order valence-corrected chi connectivity index (χ4v) is 4.10. The summed E-state index contributed by atoms with van der Waals surface area (Å²) in [7, 11) is 3.21. The van der Waals surface area contributed by atoms with Gasteiger partial charge in [0.25, 0.3) is 5.91 Å². The molecule has 1 N–H and O–H groups in total. The van der Waals surface area contributed by atoms with Crippen LogP contribution in [0.3, 0.4) is 0 Å². The second-order valence-corrected chi connectivity index (χ2v) is 7.79. The van der Waals surface area contributed by atoms with E-state index in [0.29, 0.717) is 29.7 Å². The van der Waals surface area contributed by atoms with Crippen LogP contribution in [-0.2, 0) is 0 Å². The van der Waals surface area contributed by atoms with E-state index in [-0.39, 0.29) is 5.91 Å². The summed E-state index contributed by atoms with van der Waals surface area (Å²) >= 11 is 1.45. The number of nitrogens with zero attached hydrogens (tertiary/aromatic N) is 2. The van der Waals surface area contributed by atoms with Gasteiger partial charge in [0, 0.05) is 24.0 Å². The van der Waals surface area contributed by atoms with Crippen LogP contribution in [0.5, 0.6) is 11.5 Å². The molecule has 0 aliphatic carbocycles. The van der Waals surface area contributed by atoms with Gasteiger partial charge in [0.15, 0.2) is 11.5 Å². The smallest absolute Gasteiger partial charge is 0.270 e. The van der Waals surface area contributed by atoms with Gasteiger partial charge in [0.1, 0.15) is 10.7 Å². The number of methoxy groups -OCH3 is 2. The molecule has 1 aromatic carbocycles. The molecule has 1 fully saturated rings. The van der Waals surface area contributed by atoms with E-state index in [1.165, 1.54) is 37.3 Å². The van der Waals surface area contributed by atoms with Crippen LogP contribution < -0.4 is 14.8 Å². The Balaban J connectivity index is 1.58. The average molecular weight is 390 g/mol. The SMILES string of the molecule is COc1ccc(-c2nc(C(=O)NC[C@@H](C)CN3CCCC3)cs2)cc1OC. The van der Waals surface area contributed by atoms with Gasteiger partial charge in [-0.15, -0.1) is 11.3 Å². The maximum absolute atomic E-state index is 12.4. The van der Waals surface area contributed by atoms with E-state index >= 15 is 0 Å². The second-order valence-electron chi connectivity index (χ2n) is 6.93. The predicted molar refractivity (Wildman–Crippen MR) is 108 cm³/mol. The van der Waals surface area contributed by atoms with Crippen molar-refractivity contribution in [3.05, 3.63) is 29.3 Å². The number of thiazole rings is 1. The third-order valence-electron chi connectivity index (χ3n) is 4.75. The normalized spacial score (nSPS) is 15.5. The summed E-state index contributed by atoms with van der Waals surface area (Å²) in [5, 5.41) is 5.59. The van der Waals surface area contributed by atoms with Crippen molar-refractivity contribution in [1.82, 2.24) is 15.2 Å². The number of ether oxygens (including phenoxy) is 2. The Kier molecular flexibility index (Phi) is 6.68. The molecule has 3 rings (SSSR count). The van der Waals surface area contributed by atoms with Gasteiger partial charge in [-0.2, -0.15) is 0 Å². The highest BCUT2D eigenvalue weighted by atomic mass is 32.1. The summed E-state index contributed by atoms with van der Waals surface area (Å²) in [5.74, 6) is 1.62. The summed E-state index contributed by atoms with van der Waals surface area (Å²) in [6, 6.07) is 5.63. The number of benzene rings is 1. The van der Waals surface area contributed by atoms with Crippen molar-refractivity contribution in [3.8, 4) is 22.1 Å². The van der Waals surface area contributed by atoms with E-state index < -0.39 is 0 Å². The average Bonchev–Trinajstić information content (AvgIpc) is 3.37. The third kappa shape index (κ3) is 4.99. The van der Waals surface area contributed by atoms with Crippen LogP contribution in [-0.4, -0.2) is 56.2 Å². The first-order valence-electron chi connectivity index (χ1n) is 9.29. The van der Waals surface area contributed by atoms with Gasteiger partial charge in [-0.05, 0) is 50.0 Å². The quantitative estimate of drug-likeness (QED) is 0.751. The number of carbonyl (C=O) groups is 1. The topological polar surface area (TPSA) is 63.7 Å². The van der Waals surface area contributed by atoms with E-state index in [9.17, 15) is 4.79 Å². The Morgan fingerprint density at radius 1 is 1.26 bits per heavy atom. The van der Waals surface area contributed by atoms with E-state index in [2.05, 4.69) is 22.1 Å². The van der Waals surface area contributed by atoms with E-state index in [1.54, 1.807) is 19.6 Å². The standard InChI is InChI=1S/C20H27N3O3S/c1-14(12-23-8-4-5-9-23)11-21-19(24)16-13-27-20(22-16)15-6-7-17(25-2)18(10-15)26-3/h6-7,10,13-14H,4-5,8-9,11-12H2,1-3H3,(H,21,24)/t14-/m1/s1. The summed E-state index contributed by atoms with van der Waals surface area (Å²) in [5.41, 5.74) is 1.36. The number of aromatic nitrogens is 1. The van der Waals surface area contributed by atoms with Crippen molar-refractivity contribution < 1.29 is 14.3 Å². The van der Waals surface area contributed by atoms with Gasteiger partial charge in [-0.3, -0.25) is 4.79 Å². The summed E-state index contributed by atoms with van der Waals surface area (Å²) < 4.78 is 10.6. The fourth-order valence-electron chi connectivity index (χ4n) is 3.31. The van der Waals surface area contributed by atoms with Gasteiger partial charge in [0.05, 0.1) is 14.2 Å². The van der Waals surface area contributed by atoms with Crippen molar-refractivity contribution >= 4 is 17.2 Å². The number of carbonyl (C=O) groups excluding carboxylic acids is 1. The molecule has 0 spiro atoms. The zero-order chi connectivity index (χ0) is 19.2. The molecule has 2 aromatic rings. The molecule has 1 atom stereocenters. The van der Waals surface area contributed by atoms with Gasteiger partial charge in [-0.1, -0.05) is 6.92 Å². The lowest BCUT2D eigenvalue weighted by atomic mass is 10.1. The molecule has 2 heterocycles. The maximum Gasteiger partial charge on any atom is 0.270 e. The van der Waals surface area contributed by atoms with Crippen molar-refractivity contribution in [2.45, 2.75) is 19.8 Å². The number of rotatable bonds is 8. The Morgan fingerprint density at radius 3 is 2.70 bits per heavy atom. The molecule has 1 aromatic heterocycles. The minimum atomic E-state index is -0.119. The molecule has 1 aliphatic rings. The lowest BCUT2D eigenvalue weighted by Gasteiger charge is -2.20. The summed E-state index contributed by atoms with van der Waals surface area (Å²) in [6.07, 6.45) is 2.58. The van der Waals surface area contributed by atoms with Gasteiger partial charge in [0.2, 0.25) is 0 Å². The Bertz CT molecular complexity index is 772. The van der Waals surface area contributed by atoms with E-state index in [1.807, 2.05) is 18.2 Å². The highest BCUT2D eigenvalue weighted by Crippen LogP contribution is 2.33. The van der Waals surface area contributed by atoms with Crippen molar-refractivity contribution in [1.29, 1.82) is 0 Å². The molecule has 27 heavy (non-hydrogen) atoms. The minimum absolute atomic E-state index is 0.119. The Hall–Kier alpha value is -2.12. The number of hydrogen-bond donors (Lipinski definition) is 1. The molecule has 6 nitrogen and oxygen atoms in total. The molecule has 0 bridgehead atoms. The Morgan fingerprint density at radius 2 is 2.00 bits per heavy atom. The number of likely N-dealkylation sites (tertiary alicyclic amines) is 1. The van der Waals surface area contributed by atoms with Crippen LogP contribution in [0.4, 0.5) is 0 Å².